The molecule has 1 fully saturated rings. The van der Waals surface area contributed by atoms with Gasteiger partial charge in [-0.3, -0.25) is 14.9 Å². The van der Waals surface area contributed by atoms with Crippen molar-refractivity contribution in [1.82, 2.24) is 5.32 Å². The van der Waals surface area contributed by atoms with Gasteiger partial charge in [-0.1, -0.05) is 38.1 Å². The van der Waals surface area contributed by atoms with E-state index in [1.165, 1.54) is 5.56 Å². The second-order valence-electron chi connectivity index (χ2n) is 6.85. The number of carbonyl (C=O) groups excluding carboxylic acids is 2. The third-order valence-corrected chi connectivity index (χ3v) is 5.52. The average Bonchev–Trinajstić information content (AvgIpc) is 3.05. The Morgan fingerprint density at radius 1 is 0.966 bits per heavy atom. The molecule has 2 aromatic carbocycles. The summed E-state index contributed by atoms with van der Waals surface area (Å²) in [6.45, 7) is 5.56. The topological polar surface area (TPSA) is 64.6 Å². The van der Waals surface area contributed by atoms with Crippen LogP contribution in [0.1, 0.15) is 43.7 Å². The Labute approximate surface area is 175 Å². The Morgan fingerprint density at radius 2 is 1.55 bits per heavy atom. The molecule has 1 heterocycles. The largest absolute Gasteiger partial charge is 0.493 e. The molecule has 1 atom stereocenters. The van der Waals surface area contributed by atoms with Gasteiger partial charge in [-0.15, -0.1) is 0 Å². The molecule has 2 amide bonds. The molecular weight excluding hydrogens is 386 g/mol. The first-order chi connectivity index (χ1) is 14.0. The standard InChI is InChI=1S/C23H25NO4S/c1-3-16(2)18-7-11-20(12-8-18)28-14-4-13-27-19-9-5-17(6-10-19)15-21-22(25)24-23(26)29-21/h5-12,15-16H,3-4,13-14H2,1-2H3,(H,24,25,26)/b21-15+/t16-/m1/s1. The maximum atomic E-state index is 11.6. The van der Waals surface area contributed by atoms with Crippen LogP contribution in [0.15, 0.2) is 53.4 Å². The minimum Gasteiger partial charge on any atom is -0.493 e. The number of amides is 2. The fourth-order valence-electron chi connectivity index (χ4n) is 2.80. The van der Waals surface area contributed by atoms with Gasteiger partial charge in [0, 0.05) is 6.42 Å². The van der Waals surface area contributed by atoms with E-state index < -0.39 is 0 Å². The molecule has 1 saturated heterocycles. The average molecular weight is 412 g/mol. The lowest BCUT2D eigenvalue weighted by Crippen LogP contribution is -2.17. The lowest BCUT2D eigenvalue weighted by Gasteiger charge is -2.11. The highest BCUT2D eigenvalue weighted by atomic mass is 32.2. The first-order valence-corrected chi connectivity index (χ1v) is 10.6. The Hall–Kier alpha value is -2.73. The summed E-state index contributed by atoms with van der Waals surface area (Å²) >= 11 is 0.910. The third-order valence-electron chi connectivity index (χ3n) is 4.71. The van der Waals surface area contributed by atoms with Gasteiger partial charge in [0.05, 0.1) is 18.1 Å². The maximum Gasteiger partial charge on any atom is 0.290 e. The van der Waals surface area contributed by atoms with E-state index in [9.17, 15) is 9.59 Å². The Bertz CT molecular complexity index is 875. The maximum absolute atomic E-state index is 11.6. The Balaban J connectivity index is 1.39. The molecule has 3 rings (SSSR count). The highest BCUT2D eigenvalue weighted by molar-refractivity contribution is 8.18. The molecule has 0 saturated carbocycles. The van der Waals surface area contributed by atoms with Crippen molar-refractivity contribution >= 4 is 29.0 Å². The molecule has 1 aliphatic rings. The molecule has 5 nitrogen and oxygen atoms in total. The van der Waals surface area contributed by atoms with Gasteiger partial charge in [0.1, 0.15) is 11.5 Å². The van der Waals surface area contributed by atoms with E-state index in [0.29, 0.717) is 24.0 Å². The molecule has 0 aromatic heterocycles. The number of thioether (sulfide) groups is 1. The second-order valence-corrected chi connectivity index (χ2v) is 7.86. The van der Waals surface area contributed by atoms with Crippen LogP contribution in [0.4, 0.5) is 4.79 Å². The molecule has 152 valence electrons. The molecule has 2 aromatic rings. The molecule has 0 unspecified atom stereocenters. The van der Waals surface area contributed by atoms with Crippen molar-refractivity contribution in [2.45, 2.75) is 32.6 Å². The van der Waals surface area contributed by atoms with Crippen molar-refractivity contribution in [2.75, 3.05) is 13.2 Å². The van der Waals surface area contributed by atoms with E-state index in [2.05, 4.69) is 31.3 Å². The minimum atomic E-state index is -0.352. The normalized spacial score (nSPS) is 16.0. The zero-order valence-corrected chi connectivity index (χ0v) is 17.5. The van der Waals surface area contributed by atoms with Crippen LogP contribution in [0.2, 0.25) is 0 Å². The van der Waals surface area contributed by atoms with Crippen LogP contribution in [0.3, 0.4) is 0 Å². The number of carbonyl (C=O) groups is 2. The summed E-state index contributed by atoms with van der Waals surface area (Å²) in [5, 5.41) is 1.90. The van der Waals surface area contributed by atoms with E-state index in [1.54, 1.807) is 6.08 Å². The molecule has 0 aliphatic carbocycles. The van der Waals surface area contributed by atoms with Gasteiger partial charge in [0.15, 0.2) is 0 Å². The lowest BCUT2D eigenvalue weighted by atomic mass is 9.99. The summed E-state index contributed by atoms with van der Waals surface area (Å²) in [6, 6.07) is 15.7. The van der Waals surface area contributed by atoms with Gasteiger partial charge in [-0.05, 0) is 65.6 Å². The number of nitrogens with one attached hydrogen (secondary N) is 1. The number of ether oxygens (including phenoxy) is 2. The van der Waals surface area contributed by atoms with Crippen LogP contribution >= 0.6 is 11.8 Å². The number of hydrogen-bond acceptors (Lipinski definition) is 5. The summed E-state index contributed by atoms with van der Waals surface area (Å²) < 4.78 is 11.5. The van der Waals surface area contributed by atoms with Gasteiger partial charge in [0.25, 0.3) is 11.1 Å². The highest BCUT2D eigenvalue weighted by Gasteiger charge is 2.24. The molecule has 6 heteroatoms. The molecule has 1 N–H and O–H groups in total. The number of hydrogen-bond donors (Lipinski definition) is 1. The second kappa shape index (κ2) is 10.2. The van der Waals surface area contributed by atoms with Crippen LogP contribution in [0.5, 0.6) is 11.5 Å². The predicted octanol–water partition coefficient (Wildman–Crippen LogP) is 5.37. The smallest absolute Gasteiger partial charge is 0.290 e. The van der Waals surface area contributed by atoms with E-state index >= 15 is 0 Å². The van der Waals surface area contributed by atoms with E-state index in [4.69, 9.17) is 9.47 Å². The van der Waals surface area contributed by atoms with Gasteiger partial charge >= 0.3 is 0 Å². The van der Waals surface area contributed by atoms with Crippen molar-refractivity contribution in [3.63, 3.8) is 0 Å². The first-order valence-electron chi connectivity index (χ1n) is 9.75. The summed E-state index contributed by atoms with van der Waals surface area (Å²) in [5.41, 5.74) is 2.18. The summed E-state index contributed by atoms with van der Waals surface area (Å²) in [4.78, 5) is 23.1. The SMILES string of the molecule is CC[C@@H](C)c1ccc(OCCCOc2ccc(/C=C3/SC(=O)NC3=O)cc2)cc1. The molecule has 0 spiro atoms. The van der Waals surface area contributed by atoms with Crippen LogP contribution in [-0.4, -0.2) is 24.4 Å². The molecule has 29 heavy (non-hydrogen) atoms. The fraction of sp³-hybridized carbons (Fsp3) is 0.304. The summed E-state index contributed by atoms with van der Waals surface area (Å²) in [7, 11) is 0. The monoisotopic (exact) mass is 411 g/mol. The third kappa shape index (κ3) is 6.12. The lowest BCUT2D eigenvalue weighted by molar-refractivity contribution is -0.115. The van der Waals surface area contributed by atoms with Crippen molar-refractivity contribution in [2.24, 2.45) is 0 Å². The van der Waals surface area contributed by atoms with Crippen LogP contribution in [0.25, 0.3) is 6.08 Å². The zero-order valence-electron chi connectivity index (χ0n) is 16.6. The summed E-state index contributed by atoms with van der Waals surface area (Å²) in [5.74, 6) is 1.85. The van der Waals surface area contributed by atoms with Crippen LogP contribution in [0, 0.1) is 0 Å². The first kappa shape index (κ1) is 21.0. The van der Waals surface area contributed by atoms with E-state index in [1.807, 2.05) is 36.4 Å². The van der Waals surface area contributed by atoms with E-state index in [-0.39, 0.29) is 11.1 Å². The fourth-order valence-corrected chi connectivity index (χ4v) is 3.48. The minimum absolute atomic E-state index is 0.338. The number of imide groups is 1. The van der Waals surface area contributed by atoms with Crippen molar-refractivity contribution in [3.05, 3.63) is 64.6 Å². The predicted molar refractivity (Wildman–Crippen MR) is 116 cm³/mol. The van der Waals surface area contributed by atoms with Crippen molar-refractivity contribution in [1.29, 1.82) is 0 Å². The van der Waals surface area contributed by atoms with Crippen molar-refractivity contribution < 1.29 is 19.1 Å². The Morgan fingerprint density at radius 3 is 2.07 bits per heavy atom. The van der Waals surface area contributed by atoms with Crippen LogP contribution < -0.4 is 14.8 Å². The highest BCUT2D eigenvalue weighted by Crippen LogP contribution is 2.26. The summed E-state index contributed by atoms with van der Waals surface area (Å²) in [6.07, 6.45) is 3.59. The number of rotatable bonds is 9. The van der Waals surface area contributed by atoms with E-state index in [0.717, 1.165) is 41.7 Å². The van der Waals surface area contributed by atoms with Gasteiger partial charge in [0.2, 0.25) is 0 Å². The molecule has 0 bridgehead atoms. The molecule has 1 aliphatic heterocycles. The Kier molecular flexibility index (Phi) is 7.36. The zero-order chi connectivity index (χ0) is 20.6. The molecule has 0 radical (unpaired) electrons. The van der Waals surface area contributed by atoms with Gasteiger partial charge < -0.3 is 9.47 Å². The van der Waals surface area contributed by atoms with Gasteiger partial charge in [-0.25, -0.2) is 0 Å². The van der Waals surface area contributed by atoms with Crippen molar-refractivity contribution in [3.8, 4) is 11.5 Å². The molecular formula is C23H25NO4S. The number of benzene rings is 2. The van der Waals surface area contributed by atoms with Crippen LogP contribution in [-0.2, 0) is 4.79 Å². The van der Waals surface area contributed by atoms with Gasteiger partial charge in [-0.2, -0.15) is 0 Å². The quantitative estimate of drug-likeness (QED) is 0.444.